The molecule has 1 unspecified atom stereocenters. The van der Waals surface area contributed by atoms with E-state index in [9.17, 15) is 14.4 Å². The molecule has 0 bridgehead atoms. The van der Waals surface area contributed by atoms with Crippen LogP contribution in [0, 0.1) is 0 Å². The third-order valence-electron chi connectivity index (χ3n) is 3.82. The SMILES string of the molecule is CC(=O)c1c[nH]c(C(=O)NC(C)c2ccc3c(c2)NC(=O)CO3)c1. The summed E-state index contributed by atoms with van der Waals surface area (Å²) in [5, 5.41) is 5.58. The van der Waals surface area contributed by atoms with Gasteiger partial charge < -0.3 is 20.4 Å². The van der Waals surface area contributed by atoms with Gasteiger partial charge in [0, 0.05) is 11.8 Å². The van der Waals surface area contributed by atoms with Crippen LogP contribution in [0.25, 0.3) is 0 Å². The van der Waals surface area contributed by atoms with Crippen LogP contribution in [0.4, 0.5) is 5.69 Å². The number of fused-ring (bicyclic) bond motifs is 1. The summed E-state index contributed by atoms with van der Waals surface area (Å²) in [4.78, 5) is 37.7. The zero-order valence-electron chi connectivity index (χ0n) is 13.3. The highest BCUT2D eigenvalue weighted by molar-refractivity contribution is 5.99. The largest absolute Gasteiger partial charge is 0.482 e. The predicted molar refractivity (Wildman–Crippen MR) is 87.2 cm³/mol. The minimum Gasteiger partial charge on any atom is -0.482 e. The molecule has 3 N–H and O–H groups in total. The first-order chi connectivity index (χ1) is 11.4. The number of carbonyl (C=O) groups excluding carboxylic acids is 3. The van der Waals surface area contributed by atoms with Crippen LogP contribution < -0.4 is 15.4 Å². The maximum Gasteiger partial charge on any atom is 0.268 e. The Labute approximate surface area is 138 Å². The Morgan fingerprint density at radius 2 is 2.08 bits per heavy atom. The first-order valence-electron chi connectivity index (χ1n) is 7.51. The fourth-order valence-electron chi connectivity index (χ4n) is 2.46. The van der Waals surface area contributed by atoms with Gasteiger partial charge in [-0.2, -0.15) is 0 Å². The average molecular weight is 327 g/mol. The molecule has 1 aromatic heterocycles. The standard InChI is InChI=1S/C17H17N3O4/c1-9(19-17(23)14-6-12(7-18-14)10(2)21)11-3-4-15-13(5-11)20-16(22)8-24-15/h3-7,9,18H,8H2,1-2H3,(H,19,23)(H,20,22). The summed E-state index contributed by atoms with van der Waals surface area (Å²) >= 11 is 0. The van der Waals surface area contributed by atoms with Gasteiger partial charge in [0.15, 0.2) is 12.4 Å². The maximum atomic E-state index is 12.3. The van der Waals surface area contributed by atoms with E-state index in [-0.39, 0.29) is 30.2 Å². The van der Waals surface area contributed by atoms with Crippen molar-refractivity contribution in [3.05, 3.63) is 47.3 Å². The summed E-state index contributed by atoms with van der Waals surface area (Å²) in [5.74, 6) is -0.0244. The van der Waals surface area contributed by atoms with Crippen LogP contribution >= 0.6 is 0 Å². The van der Waals surface area contributed by atoms with Crippen molar-refractivity contribution in [2.75, 3.05) is 11.9 Å². The number of H-pyrrole nitrogens is 1. The summed E-state index contributed by atoms with van der Waals surface area (Å²) in [6, 6.07) is 6.59. The van der Waals surface area contributed by atoms with E-state index in [1.54, 1.807) is 12.1 Å². The fraction of sp³-hybridized carbons (Fsp3) is 0.235. The van der Waals surface area contributed by atoms with Crippen LogP contribution in [0.1, 0.15) is 46.3 Å². The third kappa shape index (κ3) is 3.15. The van der Waals surface area contributed by atoms with Crippen LogP contribution in [0.2, 0.25) is 0 Å². The van der Waals surface area contributed by atoms with Crippen molar-refractivity contribution >= 4 is 23.3 Å². The molecule has 1 aliphatic heterocycles. The van der Waals surface area contributed by atoms with Crippen LogP contribution in [0.3, 0.4) is 0 Å². The minimum absolute atomic E-state index is 0.00391. The van der Waals surface area contributed by atoms with E-state index in [2.05, 4.69) is 15.6 Å². The molecule has 0 aliphatic carbocycles. The van der Waals surface area contributed by atoms with E-state index < -0.39 is 0 Å². The quantitative estimate of drug-likeness (QED) is 0.748. The Morgan fingerprint density at radius 1 is 1.29 bits per heavy atom. The summed E-state index contributed by atoms with van der Waals surface area (Å²) in [6.45, 7) is 3.28. The van der Waals surface area contributed by atoms with Gasteiger partial charge >= 0.3 is 0 Å². The van der Waals surface area contributed by atoms with Crippen molar-refractivity contribution in [2.45, 2.75) is 19.9 Å². The lowest BCUT2D eigenvalue weighted by molar-refractivity contribution is -0.118. The number of Topliss-reactive ketones (excluding diaryl/α,β-unsaturated/α-hetero) is 1. The highest BCUT2D eigenvalue weighted by Gasteiger charge is 2.19. The summed E-state index contributed by atoms with van der Waals surface area (Å²) < 4.78 is 5.31. The highest BCUT2D eigenvalue weighted by atomic mass is 16.5. The lowest BCUT2D eigenvalue weighted by Gasteiger charge is -2.20. The van der Waals surface area contributed by atoms with Gasteiger partial charge in [0.1, 0.15) is 11.4 Å². The molecular formula is C17H17N3O4. The average Bonchev–Trinajstić information content (AvgIpc) is 3.04. The number of aromatic nitrogens is 1. The van der Waals surface area contributed by atoms with Crippen molar-refractivity contribution < 1.29 is 19.1 Å². The van der Waals surface area contributed by atoms with Crippen LogP contribution in [-0.4, -0.2) is 29.2 Å². The number of aromatic amines is 1. The van der Waals surface area contributed by atoms with Gasteiger partial charge in [-0.25, -0.2) is 0 Å². The summed E-state index contributed by atoms with van der Waals surface area (Å²) in [7, 11) is 0. The number of rotatable bonds is 4. The van der Waals surface area contributed by atoms with Gasteiger partial charge in [0.25, 0.3) is 11.8 Å². The van der Waals surface area contributed by atoms with Crippen LogP contribution in [0.5, 0.6) is 5.75 Å². The smallest absolute Gasteiger partial charge is 0.268 e. The number of hydrogen-bond donors (Lipinski definition) is 3. The number of nitrogens with one attached hydrogen (secondary N) is 3. The zero-order valence-corrected chi connectivity index (χ0v) is 13.3. The van der Waals surface area contributed by atoms with E-state index in [1.807, 2.05) is 13.0 Å². The predicted octanol–water partition coefficient (Wildman–Crippen LogP) is 2.04. The second kappa shape index (κ2) is 6.19. The van der Waals surface area contributed by atoms with Crippen molar-refractivity contribution in [1.29, 1.82) is 0 Å². The molecule has 2 amide bonds. The van der Waals surface area contributed by atoms with E-state index in [0.29, 0.717) is 22.7 Å². The summed E-state index contributed by atoms with van der Waals surface area (Å²) in [6.07, 6.45) is 1.51. The van der Waals surface area contributed by atoms with Crippen molar-refractivity contribution in [3.63, 3.8) is 0 Å². The van der Waals surface area contributed by atoms with Crippen molar-refractivity contribution in [1.82, 2.24) is 10.3 Å². The number of amides is 2. The van der Waals surface area contributed by atoms with E-state index >= 15 is 0 Å². The lowest BCUT2D eigenvalue weighted by Crippen LogP contribution is -2.28. The Hall–Kier alpha value is -3.09. The minimum atomic E-state index is -0.312. The second-order valence-electron chi connectivity index (χ2n) is 5.65. The molecule has 0 spiro atoms. The number of ether oxygens (including phenoxy) is 1. The molecule has 1 aliphatic rings. The Balaban J connectivity index is 1.73. The number of hydrogen-bond acceptors (Lipinski definition) is 4. The van der Waals surface area contributed by atoms with Gasteiger partial charge in [-0.15, -0.1) is 0 Å². The van der Waals surface area contributed by atoms with E-state index in [0.717, 1.165) is 5.56 Å². The molecule has 2 aromatic rings. The van der Waals surface area contributed by atoms with Gasteiger partial charge in [0.05, 0.1) is 11.7 Å². The molecule has 0 fully saturated rings. The molecule has 1 aromatic carbocycles. The molecule has 7 heteroatoms. The van der Waals surface area contributed by atoms with Crippen LogP contribution in [-0.2, 0) is 4.79 Å². The topological polar surface area (TPSA) is 100 Å². The maximum absolute atomic E-state index is 12.3. The Kier molecular flexibility index (Phi) is 4.07. The molecule has 1 atom stereocenters. The Bertz CT molecular complexity index is 825. The molecular weight excluding hydrogens is 310 g/mol. The second-order valence-corrected chi connectivity index (χ2v) is 5.65. The molecule has 3 rings (SSSR count). The molecule has 124 valence electrons. The van der Waals surface area contributed by atoms with E-state index in [1.165, 1.54) is 19.2 Å². The molecule has 0 saturated carbocycles. The van der Waals surface area contributed by atoms with Gasteiger partial charge in [-0.3, -0.25) is 14.4 Å². The normalized spacial score (nSPS) is 14.2. The number of anilines is 1. The molecule has 24 heavy (non-hydrogen) atoms. The van der Waals surface area contributed by atoms with Gasteiger partial charge in [-0.1, -0.05) is 6.07 Å². The molecule has 2 heterocycles. The van der Waals surface area contributed by atoms with Crippen molar-refractivity contribution in [3.8, 4) is 5.75 Å². The van der Waals surface area contributed by atoms with Gasteiger partial charge in [-0.05, 0) is 37.6 Å². The van der Waals surface area contributed by atoms with E-state index in [4.69, 9.17) is 4.74 Å². The first kappa shape index (κ1) is 15.8. The molecule has 0 saturated heterocycles. The summed E-state index contributed by atoms with van der Waals surface area (Å²) in [5.41, 5.74) is 2.19. The number of carbonyl (C=O) groups is 3. The highest BCUT2D eigenvalue weighted by Crippen LogP contribution is 2.30. The molecule has 7 nitrogen and oxygen atoms in total. The zero-order chi connectivity index (χ0) is 17.3. The lowest BCUT2D eigenvalue weighted by atomic mass is 10.1. The third-order valence-corrected chi connectivity index (χ3v) is 3.82. The first-order valence-corrected chi connectivity index (χ1v) is 7.51. The fourth-order valence-corrected chi connectivity index (χ4v) is 2.46. The number of benzene rings is 1. The molecule has 0 radical (unpaired) electrons. The number of ketones is 1. The monoisotopic (exact) mass is 327 g/mol. The van der Waals surface area contributed by atoms with Gasteiger partial charge in [0.2, 0.25) is 0 Å². The Morgan fingerprint density at radius 3 is 2.79 bits per heavy atom. The van der Waals surface area contributed by atoms with Crippen LogP contribution in [0.15, 0.2) is 30.5 Å². The van der Waals surface area contributed by atoms with Crippen molar-refractivity contribution in [2.24, 2.45) is 0 Å².